The highest BCUT2D eigenvalue weighted by Gasteiger charge is 2.25. The van der Waals surface area contributed by atoms with Crippen LogP contribution < -0.4 is 9.47 Å². The van der Waals surface area contributed by atoms with Crippen LogP contribution in [0.4, 0.5) is 4.39 Å². The van der Waals surface area contributed by atoms with Gasteiger partial charge >= 0.3 is 0 Å². The maximum Gasteiger partial charge on any atom is 0.161 e. The van der Waals surface area contributed by atoms with E-state index in [-0.39, 0.29) is 18.2 Å². The number of ether oxygens (including phenoxy) is 2. The highest BCUT2D eigenvalue weighted by Crippen LogP contribution is 2.33. The van der Waals surface area contributed by atoms with Crippen LogP contribution in [-0.2, 0) is 6.42 Å². The van der Waals surface area contributed by atoms with Crippen LogP contribution in [0.25, 0.3) is 10.9 Å². The molecular weight excluding hydrogens is 419 g/mol. The molecule has 31 heavy (non-hydrogen) atoms. The largest absolute Gasteiger partial charge is 0.493 e. The van der Waals surface area contributed by atoms with E-state index in [1.807, 2.05) is 12.1 Å². The van der Waals surface area contributed by atoms with Crippen molar-refractivity contribution in [1.29, 1.82) is 0 Å². The van der Waals surface area contributed by atoms with Crippen molar-refractivity contribution in [2.24, 2.45) is 0 Å². The van der Waals surface area contributed by atoms with E-state index in [9.17, 15) is 4.39 Å². The third-order valence-electron chi connectivity index (χ3n) is 5.94. The lowest BCUT2D eigenvalue weighted by Crippen LogP contribution is -2.34. The van der Waals surface area contributed by atoms with Gasteiger partial charge in [-0.3, -0.25) is 0 Å². The van der Waals surface area contributed by atoms with Crippen molar-refractivity contribution in [1.82, 2.24) is 10.1 Å². The molecule has 0 amide bonds. The van der Waals surface area contributed by atoms with Gasteiger partial charge in [0.05, 0.1) is 13.7 Å². The molecule has 1 aromatic heterocycles. The highest BCUT2D eigenvalue weighted by atomic mass is 35.5. The number of methoxy groups -OCH3 is 1. The minimum absolute atomic E-state index is 0. The molecule has 2 aromatic carbocycles. The van der Waals surface area contributed by atoms with Gasteiger partial charge in [-0.25, -0.2) is 4.39 Å². The van der Waals surface area contributed by atoms with Crippen LogP contribution in [0.15, 0.2) is 40.9 Å². The molecule has 7 heteroatoms. The summed E-state index contributed by atoms with van der Waals surface area (Å²) in [4.78, 5) is 2.47. The summed E-state index contributed by atoms with van der Waals surface area (Å²) in [5.41, 5.74) is 1.85. The monoisotopic (exact) mass is 448 g/mol. The molecule has 1 saturated heterocycles. The lowest BCUT2D eigenvalue weighted by Gasteiger charge is -2.30. The maximum absolute atomic E-state index is 13.4. The van der Waals surface area contributed by atoms with Crippen LogP contribution >= 0.6 is 12.4 Å². The molecule has 0 bridgehead atoms. The van der Waals surface area contributed by atoms with Crippen LogP contribution in [0.5, 0.6) is 11.5 Å². The number of halogens is 2. The molecule has 5 nitrogen and oxygen atoms in total. The van der Waals surface area contributed by atoms with Crippen molar-refractivity contribution in [3.63, 3.8) is 0 Å². The number of likely N-dealkylation sites (tertiary alicyclic amines) is 1. The zero-order valence-electron chi connectivity index (χ0n) is 18.1. The normalized spacial score (nSPS) is 15.1. The van der Waals surface area contributed by atoms with Crippen molar-refractivity contribution in [2.45, 2.75) is 38.5 Å². The van der Waals surface area contributed by atoms with E-state index in [4.69, 9.17) is 14.0 Å². The molecule has 1 aliphatic rings. The van der Waals surface area contributed by atoms with Crippen molar-refractivity contribution >= 4 is 23.3 Å². The summed E-state index contributed by atoms with van der Waals surface area (Å²) >= 11 is 0. The number of fused-ring (bicyclic) bond motifs is 1. The number of hydrogen-bond donors (Lipinski definition) is 0. The fraction of sp³-hybridized carbons (Fsp3) is 0.458. The summed E-state index contributed by atoms with van der Waals surface area (Å²) in [6.45, 7) is 5.83. The summed E-state index contributed by atoms with van der Waals surface area (Å²) < 4.78 is 30.3. The molecule has 1 aliphatic heterocycles. The fourth-order valence-electron chi connectivity index (χ4n) is 4.17. The van der Waals surface area contributed by atoms with E-state index in [1.165, 1.54) is 17.7 Å². The van der Waals surface area contributed by atoms with E-state index in [1.54, 1.807) is 13.2 Å². The molecule has 3 aromatic rings. The van der Waals surface area contributed by atoms with Crippen LogP contribution in [-0.4, -0.2) is 43.4 Å². The van der Waals surface area contributed by atoms with Crippen LogP contribution in [0.2, 0.25) is 0 Å². The number of rotatable bonds is 8. The Hall–Kier alpha value is -2.31. The third-order valence-corrected chi connectivity index (χ3v) is 5.94. The van der Waals surface area contributed by atoms with Crippen molar-refractivity contribution in [3.05, 3.63) is 53.5 Å². The van der Waals surface area contributed by atoms with E-state index in [0.717, 1.165) is 68.0 Å². The van der Waals surface area contributed by atoms with Gasteiger partial charge in [-0.05, 0) is 68.6 Å². The second-order valence-corrected chi connectivity index (χ2v) is 7.86. The molecule has 0 N–H and O–H groups in total. The Balaban J connectivity index is 0.00000272. The maximum atomic E-state index is 13.4. The first-order valence-corrected chi connectivity index (χ1v) is 10.7. The Labute approximate surface area is 188 Å². The third kappa shape index (κ3) is 5.49. The van der Waals surface area contributed by atoms with E-state index < -0.39 is 0 Å². The number of aromatic nitrogens is 1. The van der Waals surface area contributed by atoms with Gasteiger partial charge in [0, 0.05) is 23.9 Å². The number of piperidine rings is 1. The average Bonchev–Trinajstić information content (AvgIpc) is 3.20. The number of benzene rings is 2. The van der Waals surface area contributed by atoms with Crippen LogP contribution in [0, 0.1) is 5.82 Å². The van der Waals surface area contributed by atoms with Gasteiger partial charge in [0.25, 0.3) is 0 Å². The van der Waals surface area contributed by atoms with Crippen molar-refractivity contribution < 1.29 is 18.4 Å². The topological polar surface area (TPSA) is 47.7 Å². The number of hydrogen-bond acceptors (Lipinski definition) is 5. The Morgan fingerprint density at radius 2 is 1.94 bits per heavy atom. The quantitative estimate of drug-likeness (QED) is 0.419. The average molecular weight is 449 g/mol. The summed E-state index contributed by atoms with van der Waals surface area (Å²) in [7, 11) is 1.68. The standard InChI is InChI=1S/C24H29FN2O3.ClH/c1-3-17-5-8-22(23(15-17)28-2)29-14-4-11-27-12-9-18(10-13-27)24-20-7-6-19(25)16-21(20)26-30-24;/h5-8,15-16,18H,3-4,9-14H2,1-2H3;1H. The SMILES string of the molecule is CCc1ccc(OCCCN2CCC(c3onc4cc(F)ccc34)CC2)c(OC)c1.Cl. The predicted octanol–water partition coefficient (Wildman–Crippen LogP) is 5.61. The van der Waals surface area contributed by atoms with E-state index in [0.29, 0.717) is 18.0 Å². The second kappa shape index (κ2) is 10.8. The first-order valence-electron chi connectivity index (χ1n) is 10.7. The van der Waals surface area contributed by atoms with Gasteiger partial charge in [-0.1, -0.05) is 18.1 Å². The van der Waals surface area contributed by atoms with Gasteiger partial charge in [-0.2, -0.15) is 0 Å². The first-order chi connectivity index (χ1) is 14.7. The van der Waals surface area contributed by atoms with Gasteiger partial charge in [0.1, 0.15) is 17.1 Å². The molecular formula is C24H30ClFN2O3. The molecule has 4 rings (SSSR count). The zero-order valence-corrected chi connectivity index (χ0v) is 18.9. The molecule has 0 unspecified atom stereocenters. The zero-order chi connectivity index (χ0) is 20.9. The second-order valence-electron chi connectivity index (χ2n) is 7.86. The number of aryl methyl sites for hydroxylation is 1. The molecule has 0 atom stereocenters. The Morgan fingerprint density at radius 1 is 1.13 bits per heavy atom. The van der Waals surface area contributed by atoms with Gasteiger partial charge in [-0.15, -0.1) is 12.4 Å². The van der Waals surface area contributed by atoms with Crippen LogP contribution in [0.3, 0.4) is 0 Å². The Kier molecular flexibility index (Phi) is 8.15. The molecule has 0 spiro atoms. The lowest BCUT2D eigenvalue weighted by atomic mass is 9.92. The van der Waals surface area contributed by atoms with Crippen LogP contribution in [0.1, 0.15) is 43.4 Å². The summed E-state index contributed by atoms with van der Waals surface area (Å²) in [5.74, 6) is 2.57. The van der Waals surface area contributed by atoms with Gasteiger partial charge in [0.15, 0.2) is 11.5 Å². The molecule has 2 heterocycles. The minimum Gasteiger partial charge on any atom is -0.493 e. The molecule has 0 radical (unpaired) electrons. The van der Waals surface area contributed by atoms with Gasteiger partial charge < -0.3 is 18.9 Å². The number of nitrogens with zero attached hydrogens (tertiary/aromatic N) is 2. The van der Waals surface area contributed by atoms with Gasteiger partial charge in [0.2, 0.25) is 0 Å². The minimum atomic E-state index is -0.279. The van der Waals surface area contributed by atoms with Crippen molar-refractivity contribution in [2.75, 3.05) is 33.4 Å². The molecule has 0 saturated carbocycles. The smallest absolute Gasteiger partial charge is 0.161 e. The Morgan fingerprint density at radius 3 is 2.68 bits per heavy atom. The predicted molar refractivity (Wildman–Crippen MR) is 122 cm³/mol. The van der Waals surface area contributed by atoms with E-state index >= 15 is 0 Å². The fourth-order valence-corrected chi connectivity index (χ4v) is 4.17. The summed E-state index contributed by atoms with van der Waals surface area (Å²) in [6.07, 6.45) is 3.99. The Bertz CT molecular complexity index is 986. The first kappa shape index (κ1) is 23.4. The van der Waals surface area contributed by atoms with E-state index in [2.05, 4.69) is 23.0 Å². The molecule has 168 valence electrons. The highest BCUT2D eigenvalue weighted by molar-refractivity contribution is 5.85. The molecule has 0 aliphatic carbocycles. The molecule has 1 fully saturated rings. The lowest BCUT2D eigenvalue weighted by molar-refractivity contribution is 0.181. The summed E-state index contributed by atoms with van der Waals surface area (Å²) in [6, 6.07) is 10.8. The van der Waals surface area contributed by atoms with Crippen molar-refractivity contribution in [3.8, 4) is 11.5 Å². The summed E-state index contributed by atoms with van der Waals surface area (Å²) in [5, 5.41) is 4.97.